The van der Waals surface area contributed by atoms with Gasteiger partial charge in [0.1, 0.15) is 18.1 Å². The van der Waals surface area contributed by atoms with Gasteiger partial charge in [0.2, 0.25) is 0 Å². The number of rotatable bonds is 5. The molecule has 4 rings (SSSR count). The van der Waals surface area contributed by atoms with Crippen molar-refractivity contribution in [1.82, 2.24) is 9.80 Å². The highest BCUT2D eigenvalue weighted by molar-refractivity contribution is 5.97. The number of nitrogens with zero attached hydrogens (tertiary/aromatic N) is 2. The quantitative estimate of drug-likeness (QED) is 0.505. The van der Waals surface area contributed by atoms with Gasteiger partial charge in [0.25, 0.3) is 11.8 Å². The normalized spacial score (nSPS) is 16.8. The Bertz CT molecular complexity index is 1160. The molecule has 36 heavy (non-hydrogen) atoms. The zero-order chi connectivity index (χ0) is 25.3. The predicted octanol–water partition coefficient (Wildman–Crippen LogP) is 5.08. The van der Waals surface area contributed by atoms with Crippen LogP contribution in [0.4, 0.5) is 0 Å². The van der Waals surface area contributed by atoms with Crippen LogP contribution in [-0.4, -0.2) is 61.0 Å². The molecule has 1 aliphatic rings. The van der Waals surface area contributed by atoms with E-state index in [1.165, 1.54) is 0 Å². The lowest BCUT2D eigenvalue weighted by Gasteiger charge is -2.33. The van der Waals surface area contributed by atoms with Gasteiger partial charge < -0.3 is 19.3 Å². The molecule has 0 saturated heterocycles. The molecule has 0 unspecified atom stereocenters. The van der Waals surface area contributed by atoms with Crippen LogP contribution < -0.4 is 9.47 Å². The molecule has 0 spiro atoms. The van der Waals surface area contributed by atoms with E-state index >= 15 is 0 Å². The smallest absolute Gasteiger partial charge is 0.257 e. The van der Waals surface area contributed by atoms with Crippen LogP contribution in [0.1, 0.15) is 46.0 Å². The van der Waals surface area contributed by atoms with Crippen molar-refractivity contribution in [3.05, 3.63) is 95.6 Å². The number of carbonyl (C=O) groups is 2. The van der Waals surface area contributed by atoms with E-state index in [2.05, 4.69) is 12.1 Å². The summed E-state index contributed by atoms with van der Waals surface area (Å²) in [5, 5.41) is 0. The van der Waals surface area contributed by atoms with Crippen molar-refractivity contribution in [2.24, 2.45) is 0 Å². The lowest BCUT2D eigenvalue weighted by Crippen LogP contribution is -2.46. The first-order chi connectivity index (χ1) is 17.6. The van der Waals surface area contributed by atoms with Gasteiger partial charge in [-0.25, -0.2) is 0 Å². The molecule has 1 heterocycles. The van der Waals surface area contributed by atoms with Crippen LogP contribution in [0.2, 0.25) is 0 Å². The van der Waals surface area contributed by atoms with Crippen LogP contribution in [0.5, 0.6) is 11.5 Å². The summed E-state index contributed by atoms with van der Waals surface area (Å²) in [5.41, 5.74) is 2.28. The minimum Gasteiger partial charge on any atom is -0.497 e. The number of para-hydroxylation sites is 1. The number of ether oxygens (including phenoxy) is 2. The molecule has 1 atom stereocenters. The summed E-state index contributed by atoms with van der Waals surface area (Å²) in [6.07, 6.45) is 2.24. The lowest BCUT2D eigenvalue weighted by molar-refractivity contribution is 0.0586. The van der Waals surface area contributed by atoms with E-state index in [4.69, 9.17) is 9.47 Å². The fourth-order valence-electron chi connectivity index (χ4n) is 4.63. The number of fused-ring (bicyclic) bond motifs is 1. The second-order valence-corrected chi connectivity index (χ2v) is 8.97. The van der Waals surface area contributed by atoms with Gasteiger partial charge in [-0.1, -0.05) is 48.5 Å². The first-order valence-corrected chi connectivity index (χ1v) is 12.6. The molecular formula is C30H34N2O4. The Hall–Kier alpha value is -3.80. The number of carbonyl (C=O) groups excluding carboxylic acids is 2. The van der Waals surface area contributed by atoms with Crippen LogP contribution >= 0.6 is 0 Å². The van der Waals surface area contributed by atoms with Gasteiger partial charge in [0, 0.05) is 25.2 Å². The van der Waals surface area contributed by atoms with Crippen molar-refractivity contribution >= 4 is 11.8 Å². The summed E-state index contributed by atoms with van der Waals surface area (Å²) in [6, 6.07) is 24.6. The molecular weight excluding hydrogens is 452 g/mol. The maximum Gasteiger partial charge on any atom is 0.257 e. The monoisotopic (exact) mass is 486 g/mol. The van der Waals surface area contributed by atoms with E-state index in [1.807, 2.05) is 77.4 Å². The van der Waals surface area contributed by atoms with Crippen molar-refractivity contribution in [3.8, 4) is 11.5 Å². The second-order valence-electron chi connectivity index (χ2n) is 8.97. The highest BCUT2D eigenvalue weighted by Crippen LogP contribution is 2.24. The first kappa shape index (κ1) is 25.3. The first-order valence-electron chi connectivity index (χ1n) is 12.6. The number of methoxy groups -OCH3 is 1. The molecule has 6 nitrogen and oxygen atoms in total. The molecule has 0 fully saturated rings. The number of amides is 2. The molecule has 0 saturated carbocycles. The van der Waals surface area contributed by atoms with Crippen molar-refractivity contribution in [3.63, 3.8) is 0 Å². The molecule has 188 valence electrons. The Morgan fingerprint density at radius 2 is 1.72 bits per heavy atom. The Kier molecular flexibility index (Phi) is 8.61. The maximum absolute atomic E-state index is 13.9. The van der Waals surface area contributed by atoms with Gasteiger partial charge in [-0.3, -0.25) is 9.59 Å². The third kappa shape index (κ3) is 6.06. The van der Waals surface area contributed by atoms with E-state index in [-0.39, 0.29) is 24.5 Å². The van der Waals surface area contributed by atoms with E-state index in [1.54, 1.807) is 13.2 Å². The topological polar surface area (TPSA) is 59.1 Å². The van der Waals surface area contributed by atoms with Crippen molar-refractivity contribution in [2.45, 2.75) is 32.2 Å². The van der Waals surface area contributed by atoms with Gasteiger partial charge in [0.15, 0.2) is 0 Å². The van der Waals surface area contributed by atoms with E-state index < -0.39 is 0 Å². The molecule has 0 bridgehead atoms. The zero-order valence-corrected chi connectivity index (χ0v) is 21.1. The summed E-state index contributed by atoms with van der Waals surface area (Å²) in [4.78, 5) is 30.9. The summed E-state index contributed by atoms with van der Waals surface area (Å²) >= 11 is 0. The van der Waals surface area contributed by atoms with Crippen LogP contribution in [0.3, 0.4) is 0 Å². The van der Waals surface area contributed by atoms with E-state index in [0.717, 1.165) is 18.4 Å². The van der Waals surface area contributed by atoms with Crippen LogP contribution in [-0.2, 0) is 6.42 Å². The van der Waals surface area contributed by atoms with Gasteiger partial charge in [-0.05, 0) is 62.1 Å². The molecule has 0 radical (unpaired) electrons. The number of benzene rings is 3. The highest BCUT2D eigenvalue weighted by Gasteiger charge is 2.28. The molecule has 0 aromatic heterocycles. The third-order valence-corrected chi connectivity index (χ3v) is 6.63. The van der Waals surface area contributed by atoms with Crippen LogP contribution in [0, 0.1) is 0 Å². The Morgan fingerprint density at radius 1 is 0.972 bits per heavy atom. The maximum atomic E-state index is 13.9. The predicted molar refractivity (Wildman–Crippen MR) is 141 cm³/mol. The van der Waals surface area contributed by atoms with E-state index in [0.29, 0.717) is 48.7 Å². The van der Waals surface area contributed by atoms with Crippen LogP contribution in [0.15, 0.2) is 78.9 Å². The average Bonchev–Trinajstić information content (AvgIpc) is 2.93. The fraction of sp³-hybridized carbons (Fsp3) is 0.333. The number of hydrogen-bond acceptors (Lipinski definition) is 4. The third-order valence-electron chi connectivity index (χ3n) is 6.63. The zero-order valence-electron chi connectivity index (χ0n) is 21.1. The molecule has 3 aromatic carbocycles. The molecule has 6 heteroatoms. The Labute approximate surface area is 213 Å². The summed E-state index contributed by atoms with van der Waals surface area (Å²) in [5.74, 6) is 1.13. The summed E-state index contributed by atoms with van der Waals surface area (Å²) in [6.45, 7) is 4.09. The molecule has 0 aliphatic carbocycles. The molecule has 1 aliphatic heterocycles. The fourth-order valence-corrected chi connectivity index (χ4v) is 4.63. The van der Waals surface area contributed by atoms with Gasteiger partial charge >= 0.3 is 0 Å². The second kappa shape index (κ2) is 12.2. The molecule has 2 amide bonds. The largest absolute Gasteiger partial charge is 0.497 e. The Morgan fingerprint density at radius 3 is 2.50 bits per heavy atom. The highest BCUT2D eigenvalue weighted by atomic mass is 16.5. The lowest BCUT2D eigenvalue weighted by atomic mass is 10.0. The van der Waals surface area contributed by atoms with Gasteiger partial charge in [-0.15, -0.1) is 0 Å². The molecule has 3 aromatic rings. The minimum atomic E-state index is -0.212. The SMILES string of the molecule is CCN1CCCCN(C(=O)c2cccc(OC)c2)[C@@H](Cc2ccccc2)COc2ccccc2C1=O. The van der Waals surface area contributed by atoms with Gasteiger partial charge in [-0.2, -0.15) is 0 Å². The minimum absolute atomic E-state index is 0.0161. The average molecular weight is 487 g/mol. The Balaban J connectivity index is 1.70. The van der Waals surface area contributed by atoms with Crippen molar-refractivity contribution < 1.29 is 19.1 Å². The van der Waals surface area contributed by atoms with Gasteiger partial charge in [0.05, 0.1) is 18.7 Å². The van der Waals surface area contributed by atoms with Crippen molar-refractivity contribution in [1.29, 1.82) is 0 Å². The van der Waals surface area contributed by atoms with E-state index in [9.17, 15) is 9.59 Å². The van der Waals surface area contributed by atoms with Crippen molar-refractivity contribution in [2.75, 3.05) is 33.4 Å². The van der Waals surface area contributed by atoms with Crippen LogP contribution in [0.25, 0.3) is 0 Å². The summed E-state index contributed by atoms with van der Waals surface area (Å²) in [7, 11) is 1.60. The molecule has 0 N–H and O–H groups in total. The standard InChI is InChI=1S/C30H34N2O4/c1-3-31-18-9-10-19-32(29(33)24-14-11-15-26(21-24)35-2)25(20-23-12-5-4-6-13-23)22-36-28-17-8-7-16-27(28)30(31)34/h4-8,11-17,21,25H,3,9-10,18-20,22H2,1-2H3/t25-/m0/s1. The summed E-state index contributed by atoms with van der Waals surface area (Å²) < 4.78 is 11.7. The number of hydrogen-bond donors (Lipinski definition) is 0.